The molecule has 2 heterocycles. The molecule has 0 radical (unpaired) electrons. The van der Waals surface area contributed by atoms with E-state index in [4.69, 9.17) is 9.26 Å². The second-order valence-electron chi connectivity index (χ2n) is 8.92. The van der Waals surface area contributed by atoms with Crippen molar-refractivity contribution < 1.29 is 18.8 Å². The SMILES string of the molecule is CC(=O)NC1(c2noc(CCC(=O)Nc3cccc(OCc4cccnc4)c3)n2)CCCCCC1. The number of nitrogens with one attached hydrogen (secondary N) is 2. The fraction of sp³-hybridized carbons (Fsp3) is 0.423. The molecule has 9 heteroatoms. The second kappa shape index (κ2) is 11.6. The summed E-state index contributed by atoms with van der Waals surface area (Å²) >= 11 is 0. The molecule has 4 rings (SSSR count). The van der Waals surface area contributed by atoms with E-state index in [0.717, 1.165) is 44.1 Å². The Hall–Kier alpha value is -3.75. The van der Waals surface area contributed by atoms with Crippen LogP contribution in [0, 0.1) is 0 Å². The summed E-state index contributed by atoms with van der Waals surface area (Å²) in [6.07, 6.45) is 9.78. The zero-order valence-corrected chi connectivity index (χ0v) is 20.0. The van der Waals surface area contributed by atoms with Gasteiger partial charge in [0.2, 0.25) is 17.7 Å². The standard InChI is InChI=1S/C26H31N5O4/c1-19(32)30-26(13-4-2-3-5-14-26)25-29-24(35-31-25)12-11-23(33)28-21-9-6-10-22(16-21)34-18-20-8-7-15-27-17-20/h6-10,15-17H,2-5,11-14,18H2,1H3,(H,28,33)(H,30,32). The molecule has 0 aliphatic heterocycles. The van der Waals surface area contributed by atoms with E-state index in [0.29, 0.717) is 36.2 Å². The van der Waals surface area contributed by atoms with Crippen molar-refractivity contribution in [2.24, 2.45) is 0 Å². The van der Waals surface area contributed by atoms with Gasteiger partial charge in [-0.2, -0.15) is 4.98 Å². The molecule has 0 unspecified atom stereocenters. The molecule has 1 aliphatic rings. The maximum Gasteiger partial charge on any atom is 0.227 e. The Balaban J connectivity index is 1.32. The highest BCUT2D eigenvalue weighted by molar-refractivity contribution is 5.90. The quantitative estimate of drug-likeness (QED) is 0.441. The van der Waals surface area contributed by atoms with Gasteiger partial charge >= 0.3 is 0 Å². The fourth-order valence-corrected chi connectivity index (χ4v) is 4.38. The van der Waals surface area contributed by atoms with Crippen LogP contribution in [-0.2, 0) is 28.2 Å². The minimum Gasteiger partial charge on any atom is -0.489 e. The summed E-state index contributed by atoms with van der Waals surface area (Å²) < 4.78 is 11.2. The van der Waals surface area contributed by atoms with E-state index in [1.165, 1.54) is 6.92 Å². The first-order chi connectivity index (χ1) is 17.0. The summed E-state index contributed by atoms with van der Waals surface area (Å²) in [5.41, 5.74) is 1.01. The fourth-order valence-electron chi connectivity index (χ4n) is 4.38. The average molecular weight is 478 g/mol. The van der Waals surface area contributed by atoms with E-state index >= 15 is 0 Å². The summed E-state index contributed by atoms with van der Waals surface area (Å²) in [5, 5.41) is 10.1. The number of carbonyl (C=O) groups is 2. The van der Waals surface area contributed by atoms with Gasteiger partial charge in [0.15, 0.2) is 5.82 Å². The molecule has 2 aromatic heterocycles. The van der Waals surface area contributed by atoms with Gasteiger partial charge in [0.05, 0.1) is 0 Å². The molecular weight excluding hydrogens is 446 g/mol. The van der Waals surface area contributed by atoms with Gasteiger partial charge in [-0.05, 0) is 31.0 Å². The molecule has 2 N–H and O–H groups in total. The summed E-state index contributed by atoms with van der Waals surface area (Å²) in [4.78, 5) is 33.0. The van der Waals surface area contributed by atoms with E-state index in [1.54, 1.807) is 18.5 Å². The van der Waals surface area contributed by atoms with E-state index in [9.17, 15) is 9.59 Å². The molecular formula is C26H31N5O4. The summed E-state index contributed by atoms with van der Waals surface area (Å²) in [6, 6.07) is 11.1. The topological polar surface area (TPSA) is 119 Å². The Morgan fingerprint density at radius 3 is 2.69 bits per heavy atom. The number of anilines is 1. The average Bonchev–Trinajstić information content (AvgIpc) is 3.22. The maximum absolute atomic E-state index is 12.5. The third-order valence-corrected chi connectivity index (χ3v) is 6.08. The minimum absolute atomic E-state index is 0.107. The summed E-state index contributed by atoms with van der Waals surface area (Å²) in [6.45, 7) is 1.90. The van der Waals surface area contributed by atoms with Gasteiger partial charge in [0.1, 0.15) is 17.9 Å². The molecule has 35 heavy (non-hydrogen) atoms. The van der Waals surface area contributed by atoms with Crippen LogP contribution in [0.3, 0.4) is 0 Å². The van der Waals surface area contributed by atoms with Crippen molar-refractivity contribution >= 4 is 17.5 Å². The first-order valence-corrected chi connectivity index (χ1v) is 12.1. The summed E-state index contributed by atoms with van der Waals surface area (Å²) in [7, 11) is 0. The highest BCUT2D eigenvalue weighted by atomic mass is 16.5. The molecule has 1 fully saturated rings. The van der Waals surface area contributed by atoms with E-state index < -0.39 is 5.54 Å². The maximum atomic E-state index is 12.5. The smallest absolute Gasteiger partial charge is 0.227 e. The molecule has 0 saturated heterocycles. The number of aryl methyl sites for hydroxylation is 1. The van der Waals surface area contributed by atoms with Crippen molar-refractivity contribution in [2.45, 2.75) is 70.4 Å². The Labute approximate surface area is 204 Å². The lowest BCUT2D eigenvalue weighted by atomic mass is 9.89. The van der Waals surface area contributed by atoms with Gasteiger partial charge in [-0.3, -0.25) is 14.6 Å². The predicted molar refractivity (Wildman–Crippen MR) is 129 cm³/mol. The molecule has 9 nitrogen and oxygen atoms in total. The predicted octanol–water partition coefficient (Wildman–Crippen LogP) is 4.30. The van der Waals surface area contributed by atoms with Gasteiger partial charge in [-0.1, -0.05) is 43.0 Å². The van der Waals surface area contributed by atoms with E-state index in [2.05, 4.69) is 25.8 Å². The molecule has 0 spiro atoms. The van der Waals surface area contributed by atoms with Gasteiger partial charge in [-0.15, -0.1) is 0 Å². The minimum atomic E-state index is -0.595. The number of aromatic nitrogens is 3. The number of pyridine rings is 1. The Kier molecular flexibility index (Phi) is 8.07. The van der Waals surface area contributed by atoms with Crippen LogP contribution in [0.5, 0.6) is 5.75 Å². The number of hydrogen-bond acceptors (Lipinski definition) is 7. The monoisotopic (exact) mass is 477 g/mol. The number of nitrogens with zero attached hydrogens (tertiary/aromatic N) is 3. The summed E-state index contributed by atoms with van der Waals surface area (Å²) in [5.74, 6) is 1.27. The lowest BCUT2D eigenvalue weighted by Crippen LogP contribution is -2.45. The zero-order chi connectivity index (χ0) is 24.5. The molecule has 0 atom stereocenters. The van der Waals surface area contributed by atoms with Gasteiger partial charge in [-0.25, -0.2) is 0 Å². The molecule has 1 aliphatic carbocycles. The highest BCUT2D eigenvalue weighted by Gasteiger charge is 2.38. The zero-order valence-electron chi connectivity index (χ0n) is 20.0. The number of amides is 2. The molecule has 1 saturated carbocycles. The van der Waals surface area contributed by atoms with Crippen molar-refractivity contribution in [3.05, 3.63) is 66.1 Å². The lowest BCUT2D eigenvalue weighted by Gasteiger charge is -2.30. The molecule has 1 aromatic carbocycles. The van der Waals surface area contributed by atoms with Gasteiger partial charge < -0.3 is 19.9 Å². The number of rotatable bonds is 9. The van der Waals surface area contributed by atoms with Crippen LogP contribution < -0.4 is 15.4 Å². The second-order valence-corrected chi connectivity index (χ2v) is 8.92. The van der Waals surface area contributed by atoms with Crippen molar-refractivity contribution in [3.63, 3.8) is 0 Å². The van der Waals surface area contributed by atoms with Crippen molar-refractivity contribution in [1.29, 1.82) is 0 Å². The molecule has 2 amide bonds. The highest BCUT2D eigenvalue weighted by Crippen LogP contribution is 2.34. The number of hydrogen-bond donors (Lipinski definition) is 2. The largest absolute Gasteiger partial charge is 0.489 e. The number of carbonyl (C=O) groups excluding carboxylic acids is 2. The Morgan fingerprint density at radius 1 is 1.11 bits per heavy atom. The van der Waals surface area contributed by atoms with Gasteiger partial charge in [0.25, 0.3) is 0 Å². The van der Waals surface area contributed by atoms with Crippen LogP contribution in [0.25, 0.3) is 0 Å². The van der Waals surface area contributed by atoms with E-state index in [1.807, 2.05) is 30.3 Å². The Morgan fingerprint density at radius 2 is 1.94 bits per heavy atom. The number of ether oxygens (including phenoxy) is 1. The Bertz CT molecular complexity index is 1120. The normalized spacial score (nSPS) is 15.1. The third kappa shape index (κ3) is 6.88. The van der Waals surface area contributed by atoms with Gasteiger partial charge in [0, 0.05) is 49.5 Å². The first-order valence-electron chi connectivity index (χ1n) is 12.1. The van der Waals surface area contributed by atoms with Crippen LogP contribution in [0.15, 0.2) is 53.3 Å². The van der Waals surface area contributed by atoms with Crippen LogP contribution >= 0.6 is 0 Å². The first kappa shape index (κ1) is 24.4. The van der Waals surface area contributed by atoms with Crippen LogP contribution in [0.2, 0.25) is 0 Å². The molecule has 3 aromatic rings. The third-order valence-electron chi connectivity index (χ3n) is 6.08. The number of benzene rings is 1. The van der Waals surface area contributed by atoms with Crippen LogP contribution in [-0.4, -0.2) is 26.9 Å². The van der Waals surface area contributed by atoms with Crippen molar-refractivity contribution in [1.82, 2.24) is 20.4 Å². The van der Waals surface area contributed by atoms with Crippen molar-refractivity contribution in [3.8, 4) is 5.75 Å². The van der Waals surface area contributed by atoms with E-state index in [-0.39, 0.29) is 18.2 Å². The lowest BCUT2D eigenvalue weighted by molar-refractivity contribution is -0.121. The molecule has 0 bridgehead atoms. The van der Waals surface area contributed by atoms with Crippen LogP contribution in [0.1, 0.15) is 69.1 Å². The van der Waals surface area contributed by atoms with Crippen molar-refractivity contribution in [2.75, 3.05) is 5.32 Å². The molecule has 184 valence electrons. The van der Waals surface area contributed by atoms with Crippen LogP contribution in [0.4, 0.5) is 5.69 Å².